The Labute approximate surface area is 78.4 Å². The van der Waals surface area contributed by atoms with Crippen molar-refractivity contribution in [3.8, 4) is 0 Å². The van der Waals surface area contributed by atoms with E-state index in [1.807, 2.05) is 0 Å². The second-order valence-corrected chi connectivity index (χ2v) is 3.92. The van der Waals surface area contributed by atoms with Crippen LogP contribution in [-0.2, 0) is 4.74 Å². The minimum absolute atomic E-state index is 0.185. The van der Waals surface area contributed by atoms with Gasteiger partial charge in [0.25, 0.3) is 0 Å². The van der Waals surface area contributed by atoms with Crippen molar-refractivity contribution in [1.82, 2.24) is 5.01 Å². The first-order valence-corrected chi connectivity index (χ1v) is 4.15. The third-order valence-corrected chi connectivity index (χ3v) is 1.34. The lowest BCUT2D eigenvalue weighted by Gasteiger charge is -2.27. The molecule has 1 unspecified atom stereocenters. The Morgan fingerprint density at radius 3 is 2.38 bits per heavy atom. The summed E-state index contributed by atoms with van der Waals surface area (Å²) >= 11 is 0. The molecular formula is C8H18N2O3. The maximum atomic E-state index is 11.2. The summed E-state index contributed by atoms with van der Waals surface area (Å²) in [6.45, 7) is 6.70. The van der Waals surface area contributed by atoms with Gasteiger partial charge in [-0.1, -0.05) is 0 Å². The summed E-state index contributed by atoms with van der Waals surface area (Å²) < 4.78 is 4.97. The van der Waals surface area contributed by atoms with Gasteiger partial charge in [0.15, 0.2) is 0 Å². The van der Waals surface area contributed by atoms with Crippen LogP contribution < -0.4 is 5.84 Å². The zero-order valence-corrected chi connectivity index (χ0v) is 8.57. The first kappa shape index (κ1) is 12.2. The van der Waals surface area contributed by atoms with Gasteiger partial charge < -0.3 is 9.84 Å². The van der Waals surface area contributed by atoms with Crippen molar-refractivity contribution in [3.05, 3.63) is 0 Å². The summed E-state index contributed by atoms with van der Waals surface area (Å²) in [6.07, 6.45) is -0.631. The Hall–Kier alpha value is -0.810. The van der Waals surface area contributed by atoms with E-state index in [1.54, 1.807) is 27.7 Å². The van der Waals surface area contributed by atoms with Gasteiger partial charge in [-0.15, -0.1) is 0 Å². The predicted molar refractivity (Wildman–Crippen MR) is 48.8 cm³/mol. The van der Waals surface area contributed by atoms with E-state index in [0.29, 0.717) is 0 Å². The average Bonchev–Trinajstić information content (AvgIpc) is 1.98. The van der Waals surface area contributed by atoms with Crippen LogP contribution in [-0.4, -0.2) is 34.5 Å². The van der Waals surface area contributed by atoms with Crippen molar-refractivity contribution in [3.63, 3.8) is 0 Å². The standard InChI is InChI=1S/C8H18N2O3/c1-6(5-11)10(9)7(12)13-8(2,3)4/h6,11H,5,9H2,1-4H3. The Morgan fingerprint density at radius 1 is 1.62 bits per heavy atom. The van der Waals surface area contributed by atoms with Gasteiger partial charge in [-0.05, 0) is 27.7 Å². The highest BCUT2D eigenvalue weighted by molar-refractivity contribution is 5.67. The van der Waals surface area contributed by atoms with Crippen molar-refractivity contribution in [2.45, 2.75) is 39.3 Å². The molecule has 0 spiro atoms. The third-order valence-electron chi connectivity index (χ3n) is 1.34. The molecule has 0 aromatic rings. The Kier molecular flexibility index (Phi) is 4.16. The zero-order chi connectivity index (χ0) is 10.6. The van der Waals surface area contributed by atoms with E-state index in [9.17, 15) is 4.79 Å². The largest absolute Gasteiger partial charge is 0.443 e. The topological polar surface area (TPSA) is 75.8 Å². The molecule has 0 heterocycles. The molecular weight excluding hydrogens is 172 g/mol. The van der Waals surface area contributed by atoms with Crippen molar-refractivity contribution in [2.75, 3.05) is 6.61 Å². The fraction of sp³-hybridized carbons (Fsp3) is 0.875. The molecule has 5 nitrogen and oxygen atoms in total. The molecule has 0 aliphatic heterocycles. The van der Waals surface area contributed by atoms with Crippen LogP contribution in [0.5, 0.6) is 0 Å². The van der Waals surface area contributed by atoms with Gasteiger partial charge in [-0.2, -0.15) is 0 Å². The SMILES string of the molecule is CC(CO)N(N)C(=O)OC(C)(C)C. The molecule has 0 aromatic heterocycles. The summed E-state index contributed by atoms with van der Waals surface area (Å²) in [5.74, 6) is 5.38. The number of nitrogens with two attached hydrogens (primary N) is 1. The molecule has 0 aromatic carbocycles. The predicted octanol–water partition coefficient (Wildman–Crippen LogP) is 0.478. The number of carbonyl (C=O) groups is 1. The highest BCUT2D eigenvalue weighted by Gasteiger charge is 2.22. The number of amides is 1. The van der Waals surface area contributed by atoms with E-state index in [4.69, 9.17) is 15.7 Å². The molecule has 0 bridgehead atoms. The Bertz CT molecular complexity index is 177. The van der Waals surface area contributed by atoms with E-state index in [0.717, 1.165) is 5.01 Å². The van der Waals surface area contributed by atoms with Crippen LogP contribution in [0.25, 0.3) is 0 Å². The van der Waals surface area contributed by atoms with Crippen molar-refractivity contribution >= 4 is 6.09 Å². The second-order valence-electron chi connectivity index (χ2n) is 3.92. The van der Waals surface area contributed by atoms with Gasteiger partial charge in [0.1, 0.15) is 5.60 Å². The van der Waals surface area contributed by atoms with E-state index in [1.165, 1.54) is 0 Å². The molecule has 1 atom stereocenters. The van der Waals surface area contributed by atoms with Crippen LogP contribution in [0.1, 0.15) is 27.7 Å². The maximum Gasteiger partial charge on any atom is 0.424 e. The number of ether oxygens (including phenoxy) is 1. The summed E-state index contributed by atoms with van der Waals surface area (Å²) in [5, 5.41) is 9.60. The van der Waals surface area contributed by atoms with Crippen LogP contribution in [0.4, 0.5) is 4.79 Å². The van der Waals surface area contributed by atoms with Crippen LogP contribution in [0, 0.1) is 0 Å². The molecule has 78 valence electrons. The zero-order valence-electron chi connectivity index (χ0n) is 8.57. The highest BCUT2D eigenvalue weighted by Crippen LogP contribution is 2.09. The summed E-state index contributed by atoms with van der Waals surface area (Å²) in [7, 11) is 0. The van der Waals surface area contributed by atoms with Gasteiger partial charge in [0.2, 0.25) is 0 Å². The van der Waals surface area contributed by atoms with Crippen LogP contribution in [0.3, 0.4) is 0 Å². The van der Waals surface area contributed by atoms with Crippen molar-refractivity contribution in [1.29, 1.82) is 0 Å². The van der Waals surface area contributed by atoms with Crippen LogP contribution >= 0.6 is 0 Å². The van der Waals surface area contributed by atoms with Crippen molar-refractivity contribution < 1.29 is 14.6 Å². The lowest BCUT2D eigenvalue weighted by molar-refractivity contribution is 0.0113. The molecule has 1 amide bonds. The molecule has 0 rings (SSSR count). The first-order chi connectivity index (χ1) is 5.78. The minimum Gasteiger partial charge on any atom is -0.443 e. The molecule has 0 aliphatic rings. The second kappa shape index (κ2) is 4.43. The number of carbonyl (C=O) groups excluding carboxylic acids is 1. The van der Waals surface area contributed by atoms with E-state index >= 15 is 0 Å². The smallest absolute Gasteiger partial charge is 0.424 e. The molecule has 0 fully saturated rings. The number of rotatable bonds is 2. The average molecular weight is 190 g/mol. The van der Waals surface area contributed by atoms with Crippen molar-refractivity contribution in [2.24, 2.45) is 5.84 Å². The summed E-state index contributed by atoms with van der Waals surface area (Å²) in [6, 6.07) is -0.435. The normalized spacial score (nSPS) is 13.7. The molecule has 0 radical (unpaired) electrons. The number of nitrogens with zero attached hydrogens (tertiary/aromatic N) is 1. The lowest BCUT2D eigenvalue weighted by atomic mass is 10.2. The molecule has 0 aliphatic carbocycles. The fourth-order valence-electron chi connectivity index (χ4n) is 0.583. The number of hydrogen-bond acceptors (Lipinski definition) is 4. The van der Waals surface area contributed by atoms with Crippen LogP contribution in [0.15, 0.2) is 0 Å². The minimum atomic E-state index is -0.631. The monoisotopic (exact) mass is 190 g/mol. The van der Waals surface area contributed by atoms with Crippen LogP contribution in [0.2, 0.25) is 0 Å². The van der Waals surface area contributed by atoms with Gasteiger partial charge in [0, 0.05) is 0 Å². The number of hydrazine groups is 1. The maximum absolute atomic E-state index is 11.2. The Morgan fingerprint density at radius 2 is 2.08 bits per heavy atom. The molecule has 0 saturated carbocycles. The fourth-order valence-corrected chi connectivity index (χ4v) is 0.583. The lowest BCUT2D eigenvalue weighted by Crippen LogP contribution is -2.48. The van der Waals surface area contributed by atoms with Gasteiger partial charge in [0.05, 0.1) is 12.6 Å². The van der Waals surface area contributed by atoms with E-state index < -0.39 is 17.7 Å². The first-order valence-electron chi connectivity index (χ1n) is 4.15. The van der Waals surface area contributed by atoms with Gasteiger partial charge in [-0.3, -0.25) is 0 Å². The van der Waals surface area contributed by atoms with E-state index in [-0.39, 0.29) is 6.61 Å². The molecule has 5 heteroatoms. The number of aliphatic hydroxyl groups excluding tert-OH is 1. The van der Waals surface area contributed by atoms with Gasteiger partial charge in [-0.25, -0.2) is 15.6 Å². The highest BCUT2D eigenvalue weighted by atomic mass is 16.6. The molecule has 3 N–H and O–H groups in total. The molecule has 13 heavy (non-hydrogen) atoms. The van der Waals surface area contributed by atoms with Gasteiger partial charge >= 0.3 is 6.09 Å². The number of hydrogen-bond donors (Lipinski definition) is 2. The summed E-state index contributed by atoms with van der Waals surface area (Å²) in [5.41, 5.74) is -0.566. The summed E-state index contributed by atoms with van der Waals surface area (Å²) in [4.78, 5) is 11.2. The third kappa shape index (κ3) is 4.69. The number of aliphatic hydroxyl groups is 1. The molecule has 0 saturated heterocycles. The quantitative estimate of drug-likeness (QED) is 0.377. The Balaban J connectivity index is 4.12. The van der Waals surface area contributed by atoms with E-state index in [2.05, 4.69) is 0 Å².